The number of anilines is 1. The lowest BCUT2D eigenvalue weighted by atomic mass is 10.1. The SMILES string of the molecule is O=C(O)N1CCN(c2ccn3ncc(-c4cccnc4OCC4COC4)c3n2)CC1. The van der Waals surface area contributed by atoms with Crippen molar-refractivity contribution >= 4 is 17.6 Å². The van der Waals surface area contributed by atoms with Gasteiger partial charge in [0.15, 0.2) is 5.65 Å². The Balaban J connectivity index is 1.42. The van der Waals surface area contributed by atoms with E-state index in [0.717, 1.165) is 30.2 Å². The minimum Gasteiger partial charge on any atom is -0.477 e. The molecule has 0 bridgehead atoms. The van der Waals surface area contributed by atoms with E-state index in [1.165, 1.54) is 4.90 Å². The number of aromatic nitrogens is 4. The van der Waals surface area contributed by atoms with Crippen molar-refractivity contribution in [3.05, 3.63) is 36.8 Å². The molecule has 2 aliphatic rings. The van der Waals surface area contributed by atoms with E-state index in [2.05, 4.69) is 15.0 Å². The molecule has 10 nitrogen and oxygen atoms in total. The first-order chi connectivity index (χ1) is 14.7. The lowest BCUT2D eigenvalue weighted by molar-refractivity contribution is -0.0513. The molecule has 30 heavy (non-hydrogen) atoms. The molecule has 3 aromatic rings. The lowest BCUT2D eigenvalue weighted by Crippen LogP contribution is -2.48. The number of rotatable bonds is 5. The van der Waals surface area contributed by atoms with Crippen LogP contribution in [0.2, 0.25) is 0 Å². The monoisotopic (exact) mass is 410 g/mol. The van der Waals surface area contributed by atoms with Gasteiger partial charge in [0.05, 0.1) is 31.6 Å². The third kappa shape index (κ3) is 3.50. The molecule has 0 aliphatic carbocycles. The van der Waals surface area contributed by atoms with Crippen molar-refractivity contribution in [2.75, 3.05) is 50.9 Å². The molecule has 2 saturated heterocycles. The number of nitrogens with zero attached hydrogens (tertiary/aromatic N) is 6. The van der Waals surface area contributed by atoms with E-state index >= 15 is 0 Å². The largest absolute Gasteiger partial charge is 0.477 e. The van der Waals surface area contributed by atoms with Crippen LogP contribution in [0.15, 0.2) is 36.8 Å². The molecule has 1 amide bonds. The Morgan fingerprint density at radius 3 is 2.77 bits per heavy atom. The number of hydrogen-bond acceptors (Lipinski definition) is 7. The van der Waals surface area contributed by atoms with Gasteiger partial charge in [0.2, 0.25) is 5.88 Å². The second-order valence-electron chi connectivity index (χ2n) is 7.44. The molecule has 3 aromatic heterocycles. The number of amides is 1. The minimum absolute atomic E-state index is 0.401. The van der Waals surface area contributed by atoms with Crippen molar-refractivity contribution in [3.8, 4) is 17.0 Å². The number of pyridine rings is 1. The molecule has 0 saturated carbocycles. The fraction of sp³-hybridized carbons (Fsp3) is 0.400. The first-order valence-corrected chi connectivity index (χ1v) is 9.92. The summed E-state index contributed by atoms with van der Waals surface area (Å²) >= 11 is 0. The molecular formula is C20H22N6O4. The van der Waals surface area contributed by atoms with E-state index in [4.69, 9.17) is 19.6 Å². The Morgan fingerprint density at radius 2 is 2.03 bits per heavy atom. The molecule has 0 radical (unpaired) electrons. The van der Waals surface area contributed by atoms with Gasteiger partial charge in [0.1, 0.15) is 5.82 Å². The maximum Gasteiger partial charge on any atom is 0.407 e. The van der Waals surface area contributed by atoms with Gasteiger partial charge in [-0.15, -0.1) is 0 Å². The summed E-state index contributed by atoms with van der Waals surface area (Å²) in [6.45, 7) is 4.13. The zero-order chi connectivity index (χ0) is 20.5. The van der Waals surface area contributed by atoms with Gasteiger partial charge in [0, 0.05) is 50.1 Å². The van der Waals surface area contributed by atoms with Crippen molar-refractivity contribution < 1.29 is 19.4 Å². The highest BCUT2D eigenvalue weighted by Crippen LogP contribution is 2.31. The van der Waals surface area contributed by atoms with E-state index in [-0.39, 0.29) is 0 Å². The Kier molecular flexibility index (Phi) is 4.83. The molecular weight excluding hydrogens is 388 g/mol. The van der Waals surface area contributed by atoms with Crippen LogP contribution in [0, 0.1) is 5.92 Å². The van der Waals surface area contributed by atoms with Gasteiger partial charge in [-0.05, 0) is 18.2 Å². The Morgan fingerprint density at radius 1 is 1.20 bits per heavy atom. The molecule has 2 fully saturated rings. The van der Waals surface area contributed by atoms with Crippen LogP contribution in [0.5, 0.6) is 5.88 Å². The maximum atomic E-state index is 11.1. The average molecular weight is 410 g/mol. The summed E-state index contributed by atoms with van der Waals surface area (Å²) in [7, 11) is 0. The highest BCUT2D eigenvalue weighted by Gasteiger charge is 2.23. The van der Waals surface area contributed by atoms with Crippen LogP contribution < -0.4 is 9.64 Å². The Hall–Kier alpha value is -3.40. The van der Waals surface area contributed by atoms with Crippen molar-refractivity contribution in [2.45, 2.75) is 0 Å². The molecule has 0 aromatic carbocycles. The molecule has 5 heterocycles. The number of ether oxygens (including phenoxy) is 2. The van der Waals surface area contributed by atoms with Crippen molar-refractivity contribution in [1.29, 1.82) is 0 Å². The third-order valence-corrected chi connectivity index (χ3v) is 5.45. The van der Waals surface area contributed by atoms with E-state index in [9.17, 15) is 4.79 Å². The molecule has 1 N–H and O–H groups in total. The molecule has 10 heteroatoms. The highest BCUT2D eigenvalue weighted by molar-refractivity contribution is 5.80. The van der Waals surface area contributed by atoms with Crippen LogP contribution in [0.25, 0.3) is 16.8 Å². The normalized spacial score (nSPS) is 17.2. The Labute approximate surface area is 172 Å². The van der Waals surface area contributed by atoms with Gasteiger partial charge >= 0.3 is 6.09 Å². The average Bonchev–Trinajstić information content (AvgIpc) is 3.16. The number of hydrogen-bond donors (Lipinski definition) is 1. The van der Waals surface area contributed by atoms with E-state index in [1.807, 2.05) is 24.4 Å². The fourth-order valence-corrected chi connectivity index (χ4v) is 3.64. The first kappa shape index (κ1) is 18.6. The zero-order valence-electron chi connectivity index (χ0n) is 16.3. The van der Waals surface area contributed by atoms with Crippen LogP contribution in [-0.4, -0.2) is 81.7 Å². The zero-order valence-corrected chi connectivity index (χ0v) is 16.3. The molecule has 0 atom stereocenters. The van der Waals surface area contributed by atoms with Gasteiger partial charge < -0.3 is 24.4 Å². The minimum atomic E-state index is -0.881. The quantitative estimate of drug-likeness (QED) is 0.677. The van der Waals surface area contributed by atoms with Crippen LogP contribution in [0.1, 0.15) is 0 Å². The van der Waals surface area contributed by atoms with Gasteiger partial charge in [-0.25, -0.2) is 19.3 Å². The highest BCUT2D eigenvalue weighted by atomic mass is 16.5. The molecule has 156 valence electrons. The second kappa shape index (κ2) is 7.79. The van der Waals surface area contributed by atoms with Gasteiger partial charge in [-0.2, -0.15) is 5.10 Å². The summed E-state index contributed by atoms with van der Waals surface area (Å²) < 4.78 is 12.9. The van der Waals surface area contributed by atoms with Crippen LogP contribution in [0.3, 0.4) is 0 Å². The summed E-state index contributed by atoms with van der Waals surface area (Å²) in [5, 5.41) is 13.6. The van der Waals surface area contributed by atoms with Crippen LogP contribution in [0.4, 0.5) is 10.6 Å². The van der Waals surface area contributed by atoms with Crippen molar-refractivity contribution in [3.63, 3.8) is 0 Å². The van der Waals surface area contributed by atoms with Crippen LogP contribution >= 0.6 is 0 Å². The fourth-order valence-electron chi connectivity index (χ4n) is 3.64. The molecule has 5 rings (SSSR count). The summed E-state index contributed by atoms with van der Waals surface area (Å²) in [5.74, 6) is 1.76. The number of fused-ring (bicyclic) bond motifs is 1. The topological polar surface area (TPSA) is 105 Å². The molecule has 0 spiro atoms. The predicted octanol–water partition coefficient (Wildman–Crippen LogP) is 1.62. The van der Waals surface area contributed by atoms with E-state index in [0.29, 0.717) is 50.2 Å². The van der Waals surface area contributed by atoms with E-state index < -0.39 is 6.09 Å². The summed E-state index contributed by atoms with van der Waals surface area (Å²) in [4.78, 5) is 23.9. The third-order valence-electron chi connectivity index (χ3n) is 5.45. The number of carboxylic acid groups (broad SMARTS) is 1. The van der Waals surface area contributed by atoms with Gasteiger partial charge in [0.25, 0.3) is 0 Å². The molecule has 2 aliphatic heterocycles. The standard InChI is InChI=1S/C20H22N6O4/c27-20(28)25-8-6-24(7-9-25)17-3-5-26-18(23-17)16(10-22-26)15-2-1-4-21-19(15)30-13-14-11-29-12-14/h1-5,10,14H,6-9,11-13H2,(H,27,28). The van der Waals surface area contributed by atoms with Crippen LogP contribution in [-0.2, 0) is 4.74 Å². The summed E-state index contributed by atoms with van der Waals surface area (Å²) in [5.41, 5.74) is 2.39. The van der Waals surface area contributed by atoms with Gasteiger partial charge in [-0.1, -0.05) is 0 Å². The summed E-state index contributed by atoms with van der Waals surface area (Å²) in [6.07, 6.45) is 4.47. The summed E-state index contributed by atoms with van der Waals surface area (Å²) in [6, 6.07) is 5.72. The van der Waals surface area contributed by atoms with E-state index in [1.54, 1.807) is 16.9 Å². The van der Waals surface area contributed by atoms with Gasteiger partial charge in [-0.3, -0.25) is 0 Å². The van der Waals surface area contributed by atoms with Crippen molar-refractivity contribution in [1.82, 2.24) is 24.5 Å². The smallest absolute Gasteiger partial charge is 0.407 e. The molecule has 0 unspecified atom stereocenters. The lowest BCUT2D eigenvalue weighted by Gasteiger charge is -2.33. The maximum absolute atomic E-state index is 11.1. The Bertz CT molecular complexity index is 1060. The van der Waals surface area contributed by atoms with Crippen molar-refractivity contribution in [2.24, 2.45) is 5.92 Å². The first-order valence-electron chi connectivity index (χ1n) is 9.92. The predicted molar refractivity (Wildman–Crippen MR) is 108 cm³/mol. The number of piperazine rings is 1. The number of carbonyl (C=O) groups is 1. The second-order valence-corrected chi connectivity index (χ2v) is 7.44.